The van der Waals surface area contributed by atoms with Crippen molar-refractivity contribution in [2.24, 2.45) is 11.8 Å². The van der Waals surface area contributed by atoms with Crippen LogP contribution in [0.15, 0.2) is 0 Å². The van der Waals surface area contributed by atoms with Crippen LogP contribution in [-0.4, -0.2) is 13.1 Å². The van der Waals surface area contributed by atoms with Gasteiger partial charge in [0.1, 0.15) is 0 Å². The van der Waals surface area contributed by atoms with Crippen molar-refractivity contribution >= 4 is 0 Å². The van der Waals surface area contributed by atoms with Crippen LogP contribution in [0.4, 0.5) is 0 Å². The van der Waals surface area contributed by atoms with Crippen LogP contribution in [0.1, 0.15) is 59.8 Å². The zero-order chi connectivity index (χ0) is 10.8. The fourth-order valence-electron chi connectivity index (χ4n) is 1.84. The molecule has 0 aromatic carbocycles. The second kappa shape index (κ2) is 9.51. The molecule has 0 bridgehead atoms. The summed E-state index contributed by atoms with van der Waals surface area (Å²) in [6.07, 6.45) is 6.77. The smallest absolute Gasteiger partial charge is 0.00232 e. The number of nitrogens with one attached hydrogen (secondary N) is 1. The van der Waals surface area contributed by atoms with E-state index in [1.165, 1.54) is 45.2 Å². The fourth-order valence-corrected chi connectivity index (χ4v) is 1.84. The Hall–Kier alpha value is -0.0400. The van der Waals surface area contributed by atoms with Gasteiger partial charge in [0, 0.05) is 0 Å². The van der Waals surface area contributed by atoms with E-state index in [2.05, 4.69) is 33.0 Å². The summed E-state index contributed by atoms with van der Waals surface area (Å²) in [5.41, 5.74) is 0. The van der Waals surface area contributed by atoms with E-state index in [0.717, 1.165) is 11.8 Å². The van der Waals surface area contributed by atoms with Gasteiger partial charge in [0.2, 0.25) is 0 Å². The van der Waals surface area contributed by atoms with Gasteiger partial charge in [0.05, 0.1) is 0 Å². The minimum absolute atomic E-state index is 0.849. The molecule has 0 aliphatic carbocycles. The highest BCUT2D eigenvalue weighted by atomic mass is 14.8. The monoisotopic (exact) mass is 199 g/mol. The van der Waals surface area contributed by atoms with Crippen LogP contribution in [0.25, 0.3) is 0 Å². The number of hydrogen-bond acceptors (Lipinski definition) is 1. The van der Waals surface area contributed by atoms with Crippen molar-refractivity contribution in [3.8, 4) is 0 Å². The molecule has 0 aromatic heterocycles. The predicted octanol–water partition coefficient (Wildman–Crippen LogP) is 3.84. The fraction of sp³-hybridized carbons (Fsp3) is 1.00. The minimum atomic E-state index is 0.849. The molecule has 1 atom stereocenters. The van der Waals surface area contributed by atoms with Crippen molar-refractivity contribution in [3.05, 3.63) is 0 Å². The van der Waals surface area contributed by atoms with E-state index in [4.69, 9.17) is 0 Å². The summed E-state index contributed by atoms with van der Waals surface area (Å²) in [6, 6.07) is 0. The molecule has 0 radical (unpaired) electrons. The highest BCUT2D eigenvalue weighted by Gasteiger charge is 2.06. The average Bonchev–Trinajstić information content (AvgIpc) is 2.20. The molecule has 0 rings (SSSR count). The van der Waals surface area contributed by atoms with Crippen LogP contribution in [0, 0.1) is 11.8 Å². The molecular formula is C13H29N. The SMILES string of the molecule is CCCNCC(C)CCC(CC)CC. The highest BCUT2D eigenvalue weighted by Crippen LogP contribution is 2.17. The van der Waals surface area contributed by atoms with E-state index in [1.54, 1.807) is 0 Å². The molecule has 14 heavy (non-hydrogen) atoms. The third-order valence-electron chi connectivity index (χ3n) is 3.14. The van der Waals surface area contributed by atoms with Crippen molar-refractivity contribution in [1.29, 1.82) is 0 Å². The summed E-state index contributed by atoms with van der Waals surface area (Å²) in [6.45, 7) is 11.6. The molecule has 0 aromatic rings. The molecule has 0 saturated heterocycles. The van der Waals surface area contributed by atoms with Crippen molar-refractivity contribution in [2.45, 2.75) is 59.8 Å². The van der Waals surface area contributed by atoms with Gasteiger partial charge in [0.25, 0.3) is 0 Å². The molecule has 1 heteroatoms. The average molecular weight is 199 g/mol. The Morgan fingerprint density at radius 2 is 1.64 bits per heavy atom. The Morgan fingerprint density at radius 3 is 2.14 bits per heavy atom. The quantitative estimate of drug-likeness (QED) is 0.556. The lowest BCUT2D eigenvalue weighted by atomic mass is 9.93. The summed E-state index contributed by atoms with van der Waals surface area (Å²) in [7, 11) is 0. The van der Waals surface area contributed by atoms with Crippen LogP contribution < -0.4 is 5.32 Å². The lowest BCUT2D eigenvalue weighted by Crippen LogP contribution is -2.22. The third-order valence-corrected chi connectivity index (χ3v) is 3.14. The number of rotatable bonds is 9. The Labute approximate surface area is 90.7 Å². The van der Waals surface area contributed by atoms with Gasteiger partial charge in [-0.05, 0) is 37.8 Å². The van der Waals surface area contributed by atoms with E-state index in [-0.39, 0.29) is 0 Å². The molecule has 1 unspecified atom stereocenters. The highest BCUT2D eigenvalue weighted by molar-refractivity contribution is 4.61. The van der Waals surface area contributed by atoms with Crippen LogP contribution in [0.5, 0.6) is 0 Å². The van der Waals surface area contributed by atoms with E-state index < -0.39 is 0 Å². The molecule has 86 valence electrons. The van der Waals surface area contributed by atoms with Gasteiger partial charge in [0.15, 0.2) is 0 Å². The van der Waals surface area contributed by atoms with Crippen LogP contribution in [0.3, 0.4) is 0 Å². The van der Waals surface area contributed by atoms with Gasteiger partial charge < -0.3 is 5.32 Å². The van der Waals surface area contributed by atoms with E-state index in [9.17, 15) is 0 Å². The second-order valence-electron chi connectivity index (χ2n) is 4.57. The van der Waals surface area contributed by atoms with E-state index in [1.807, 2.05) is 0 Å². The Morgan fingerprint density at radius 1 is 1.00 bits per heavy atom. The van der Waals surface area contributed by atoms with Crippen LogP contribution >= 0.6 is 0 Å². The zero-order valence-electron chi connectivity index (χ0n) is 10.6. The molecule has 1 N–H and O–H groups in total. The number of hydrogen-bond donors (Lipinski definition) is 1. The third kappa shape index (κ3) is 7.37. The molecule has 0 spiro atoms. The van der Waals surface area contributed by atoms with Crippen molar-refractivity contribution in [1.82, 2.24) is 5.32 Å². The minimum Gasteiger partial charge on any atom is -0.316 e. The molecule has 0 fully saturated rings. The first-order chi connectivity index (χ1) is 6.74. The summed E-state index contributed by atoms with van der Waals surface area (Å²) in [4.78, 5) is 0. The zero-order valence-corrected chi connectivity index (χ0v) is 10.6. The summed E-state index contributed by atoms with van der Waals surface area (Å²) in [5.74, 6) is 1.81. The van der Waals surface area contributed by atoms with Crippen molar-refractivity contribution < 1.29 is 0 Å². The van der Waals surface area contributed by atoms with Crippen molar-refractivity contribution in [3.63, 3.8) is 0 Å². The van der Waals surface area contributed by atoms with Gasteiger partial charge in [-0.15, -0.1) is 0 Å². The summed E-state index contributed by atoms with van der Waals surface area (Å²) in [5, 5.41) is 3.49. The molecule has 0 aliphatic heterocycles. The van der Waals surface area contributed by atoms with Gasteiger partial charge in [-0.25, -0.2) is 0 Å². The molecule has 0 aliphatic rings. The largest absolute Gasteiger partial charge is 0.316 e. The summed E-state index contributed by atoms with van der Waals surface area (Å²) < 4.78 is 0. The maximum absolute atomic E-state index is 3.49. The molecule has 1 nitrogen and oxygen atoms in total. The van der Waals surface area contributed by atoms with Gasteiger partial charge in [-0.1, -0.05) is 47.0 Å². The Kier molecular flexibility index (Phi) is 9.49. The van der Waals surface area contributed by atoms with Crippen molar-refractivity contribution in [2.75, 3.05) is 13.1 Å². The molecule has 0 amide bonds. The van der Waals surface area contributed by atoms with Gasteiger partial charge >= 0.3 is 0 Å². The van der Waals surface area contributed by atoms with Crippen LogP contribution in [0.2, 0.25) is 0 Å². The standard InChI is InChI=1S/C13H29N/c1-5-10-14-11-12(4)8-9-13(6-2)7-3/h12-14H,5-11H2,1-4H3. The first kappa shape index (κ1) is 14.0. The second-order valence-corrected chi connectivity index (χ2v) is 4.57. The predicted molar refractivity (Wildman–Crippen MR) is 65.6 cm³/mol. The van der Waals surface area contributed by atoms with Gasteiger partial charge in [-0.2, -0.15) is 0 Å². The normalized spacial score (nSPS) is 13.5. The Bertz CT molecular complexity index is 108. The maximum Gasteiger partial charge on any atom is -0.00232 e. The topological polar surface area (TPSA) is 12.0 Å². The molecule has 0 heterocycles. The lowest BCUT2D eigenvalue weighted by molar-refractivity contribution is 0.380. The Balaban J connectivity index is 3.37. The van der Waals surface area contributed by atoms with Gasteiger partial charge in [-0.3, -0.25) is 0 Å². The first-order valence-electron chi connectivity index (χ1n) is 6.45. The van der Waals surface area contributed by atoms with E-state index in [0.29, 0.717) is 0 Å². The van der Waals surface area contributed by atoms with Crippen LogP contribution in [-0.2, 0) is 0 Å². The molecular weight excluding hydrogens is 170 g/mol. The lowest BCUT2D eigenvalue weighted by Gasteiger charge is -2.16. The maximum atomic E-state index is 3.49. The summed E-state index contributed by atoms with van der Waals surface area (Å²) >= 11 is 0. The molecule has 0 saturated carbocycles. The first-order valence-corrected chi connectivity index (χ1v) is 6.45. The van der Waals surface area contributed by atoms with E-state index >= 15 is 0 Å².